The summed E-state index contributed by atoms with van der Waals surface area (Å²) < 4.78 is 5.32. The first kappa shape index (κ1) is 16.5. The number of piperazine rings is 1. The van der Waals surface area contributed by atoms with Gasteiger partial charge >= 0.3 is 6.09 Å². The first-order chi connectivity index (χ1) is 10.3. The largest absolute Gasteiger partial charge is 0.444 e. The Balaban J connectivity index is 1.92. The van der Waals surface area contributed by atoms with Crippen LogP contribution in [0.5, 0.6) is 0 Å². The summed E-state index contributed by atoms with van der Waals surface area (Å²) in [4.78, 5) is 35.3. The van der Waals surface area contributed by atoms with Crippen LogP contribution in [0.25, 0.3) is 0 Å². The summed E-state index contributed by atoms with van der Waals surface area (Å²) in [6.07, 6.45) is 2.40. The average Bonchev–Trinajstić information content (AvgIpc) is 2.45. The Kier molecular flexibility index (Phi) is 4.85. The van der Waals surface area contributed by atoms with Crippen molar-refractivity contribution in [1.29, 1.82) is 0 Å². The standard InChI is InChI=1S/C14H19ClN4O3/c1-14(2,3)22-13(21)19-6-4-18(5-7-19)12(20)10-8-16-9-11(15)17-10/h8-9H,4-7H2,1-3H3. The molecule has 2 heterocycles. The molecule has 1 aromatic rings. The third-order valence-corrected chi connectivity index (χ3v) is 3.22. The summed E-state index contributed by atoms with van der Waals surface area (Å²) in [5.41, 5.74) is -0.321. The van der Waals surface area contributed by atoms with Crippen LogP contribution in [0.1, 0.15) is 31.3 Å². The quantitative estimate of drug-likeness (QED) is 0.787. The number of halogens is 1. The highest BCUT2D eigenvalue weighted by Crippen LogP contribution is 2.13. The van der Waals surface area contributed by atoms with Crippen LogP contribution in [0, 0.1) is 0 Å². The second kappa shape index (κ2) is 6.48. The molecule has 0 spiro atoms. The molecule has 7 nitrogen and oxygen atoms in total. The van der Waals surface area contributed by atoms with E-state index >= 15 is 0 Å². The third-order valence-electron chi connectivity index (χ3n) is 3.04. The van der Waals surface area contributed by atoms with Crippen molar-refractivity contribution in [3.8, 4) is 0 Å². The monoisotopic (exact) mass is 326 g/mol. The van der Waals surface area contributed by atoms with Gasteiger partial charge in [0.05, 0.1) is 12.4 Å². The first-order valence-electron chi connectivity index (χ1n) is 7.01. The molecular formula is C14H19ClN4O3. The van der Waals surface area contributed by atoms with Gasteiger partial charge in [-0.3, -0.25) is 9.78 Å². The SMILES string of the molecule is CC(C)(C)OC(=O)N1CCN(C(=O)c2cncc(Cl)n2)CC1. The normalized spacial score (nSPS) is 15.6. The van der Waals surface area contributed by atoms with Gasteiger partial charge in [0.25, 0.3) is 5.91 Å². The minimum absolute atomic E-state index is 0.179. The zero-order valence-electron chi connectivity index (χ0n) is 12.9. The highest BCUT2D eigenvalue weighted by molar-refractivity contribution is 6.29. The van der Waals surface area contributed by atoms with Crippen molar-refractivity contribution in [2.45, 2.75) is 26.4 Å². The number of ether oxygens (including phenoxy) is 1. The molecule has 1 aliphatic rings. The number of amides is 2. The molecule has 120 valence electrons. The molecule has 0 radical (unpaired) electrons. The number of hydrogen-bond acceptors (Lipinski definition) is 5. The number of aromatic nitrogens is 2. The second-order valence-electron chi connectivity index (χ2n) is 5.99. The summed E-state index contributed by atoms with van der Waals surface area (Å²) >= 11 is 5.74. The second-order valence-corrected chi connectivity index (χ2v) is 6.37. The predicted molar refractivity (Wildman–Crippen MR) is 80.8 cm³/mol. The van der Waals surface area contributed by atoms with Crippen LogP contribution in [0.3, 0.4) is 0 Å². The molecule has 1 fully saturated rings. The Bertz CT molecular complexity index is 565. The summed E-state index contributed by atoms with van der Waals surface area (Å²) in [6, 6.07) is 0. The lowest BCUT2D eigenvalue weighted by Gasteiger charge is -2.35. The molecule has 0 aromatic carbocycles. The van der Waals surface area contributed by atoms with Gasteiger partial charge in [0.15, 0.2) is 0 Å². The number of carbonyl (C=O) groups excluding carboxylic acids is 2. The highest BCUT2D eigenvalue weighted by atomic mass is 35.5. The summed E-state index contributed by atoms with van der Waals surface area (Å²) in [5, 5.41) is 0.179. The minimum atomic E-state index is -0.527. The molecule has 1 aromatic heterocycles. The summed E-state index contributed by atoms with van der Waals surface area (Å²) in [5.74, 6) is -0.237. The molecule has 1 aliphatic heterocycles. The lowest BCUT2D eigenvalue weighted by atomic mass is 10.2. The lowest BCUT2D eigenvalue weighted by Crippen LogP contribution is -2.51. The van der Waals surface area contributed by atoms with E-state index in [1.54, 1.807) is 9.80 Å². The van der Waals surface area contributed by atoms with Gasteiger partial charge < -0.3 is 14.5 Å². The maximum absolute atomic E-state index is 12.3. The van der Waals surface area contributed by atoms with Crippen molar-refractivity contribution < 1.29 is 14.3 Å². The van der Waals surface area contributed by atoms with Crippen LogP contribution in [-0.2, 0) is 4.74 Å². The van der Waals surface area contributed by atoms with Crippen LogP contribution in [0.4, 0.5) is 4.79 Å². The molecule has 8 heteroatoms. The zero-order chi connectivity index (χ0) is 16.3. The Labute approximate surface area is 134 Å². The average molecular weight is 327 g/mol. The maximum atomic E-state index is 12.3. The van der Waals surface area contributed by atoms with E-state index in [0.29, 0.717) is 26.2 Å². The number of rotatable bonds is 1. The molecule has 0 N–H and O–H groups in total. The van der Waals surface area contributed by atoms with Crippen molar-refractivity contribution in [2.75, 3.05) is 26.2 Å². The van der Waals surface area contributed by atoms with Crippen LogP contribution < -0.4 is 0 Å². The van der Waals surface area contributed by atoms with Crippen molar-refractivity contribution in [1.82, 2.24) is 19.8 Å². The molecule has 0 atom stereocenters. The van der Waals surface area contributed by atoms with Crippen LogP contribution in [0.2, 0.25) is 5.15 Å². The Morgan fingerprint density at radius 2 is 1.73 bits per heavy atom. The van der Waals surface area contributed by atoms with Crippen molar-refractivity contribution in [2.24, 2.45) is 0 Å². The number of hydrogen-bond donors (Lipinski definition) is 0. The molecule has 0 saturated carbocycles. The Hall–Kier alpha value is -1.89. The molecule has 0 aliphatic carbocycles. The molecule has 2 amide bonds. The van der Waals surface area contributed by atoms with Crippen molar-refractivity contribution in [3.05, 3.63) is 23.2 Å². The smallest absolute Gasteiger partial charge is 0.410 e. The van der Waals surface area contributed by atoms with Crippen LogP contribution >= 0.6 is 11.6 Å². The predicted octanol–water partition coefficient (Wildman–Crippen LogP) is 1.82. The van der Waals surface area contributed by atoms with Gasteiger partial charge in [0, 0.05) is 26.2 Å². The van der Waals surface area contributed by atoms with E-state index in [4.69, 9.17) is 16.3 Å². The number of carbonyl (C=O) groups is 2. The van der Waals surface area contributed by atoms with Gasteiger partial charge in [-0.05, 0) is 20.8 Å². The minimum Gasteiger partial charge on any atom is -0.444 e. The van der Waals surface area contributed by atoms with E-state index in [-0.39, 0.29) is 22.8 Å². The van der Waals surface area contributed by atoms with Crippen LogP contribution in [0.15, 0.2) is 12.4 Å². The van der Waals surface area contributed by atoms with E-state index in [9.17, 15) is 9.59 Å². The molecule has 2 rings (SSSR count). The topological polar surface area (TPSA) is 75.6 Å². The molecule has 0 bridgehead atoms. The summed E-state index contributed by atoms with van der Waals surface area (Å²) in [6.45, 7) is 7.16. The van der Waals surface area contributed by atoms with E-state index in [2.05, 4.69) is 9.97 Å². The third kappa shape index (κ3) is 4.30. The van der Waals surface area contributed by atoms with Crippen molar-refractivity contribution in [3.63, 3.8) is 0 Å². The Morgan fingerprint density at radius 3 is 2.27 bits per heavy atom. The van der Waals surface area contributed by atoms with Gasteiger partial charge in [0.1, 0.15) is 16.4 Å². The van der Waals surface area contributed by atoms with Gasteiger partial charge in [-0.25, -0.2) is 9.78 Å². The molecule has 22 heavy (non-hydrogen) atoms. The maximum Gasteiger partial charge on any atom is 0.410 e. The lowest BCUT2D eigenvalue weighted by molar-refractivity contribution is 0.0140. The van der Waals surface area contributed by atoms with Crippen LogP contribution in [-0.4, -0.2) is 63.5 Å². The van der Waals surface area contributed by atoms with E-state index in [1.165, 1.54) is 12.4 Å². The van der Waals surface area contributed by atoms with Gasteiger partial charge in [0.2, 0.25) is 0 Å². The van der Waals surface area contributed by atoms with Crippen molar-refractivity contribution >= 4 is 23.6 Å². The molecule has 1 saturated heterocycles. The number of nitrogens with zero attached hydrogens (tertiary/aromatic N) is 4. The van der Waals surface area contributed by atoms with Gasteiger partial charge in [-0.1, -0.05) is 11.6 Å². The summed E-state index contributed by atoms with van der Waals surface area (Å²) in [7, 11) is 0. The fourth-order valence-corrected chi connectivity index (χ4v) is 2.17. The van der Waals surface area contributed by atoms with Gasteiger partial charge in [-0.2, -0.15) is 0 Å². The fraction of sp³-hybridized carbons (Fsp3) is 0.571. The molecule has 0 unspecified atom stereocenters. The fourth-order valence-electron chi connectivity index (χ4n) is 2.03. The van der Waals surface area contributed by atoms with E-state index in [1.807, 2.05) is 20.8 Å². The Morgan fingerprint density at radius 1 is 1.14 bits per heavy atom. The molecular weight excluding hydrogens is 308 g/mol. The zero-order valence-corrected chi connectivity index (χ0v) is 13.6. The van der Waals surface area contributed by atoms with E-state index < -0.39 is 5.60 Å². The van der Waals surface area contributed by atoms with E-state index in [0.717, 1.165) is 0 Å². The first-order valence-corrected chi connectivity index (χ1v) is 7.39. The van der Waals surface area contributed by atoms with Gasteiger partial charge in [-0.15, -0.1) is 0 Å². The highest BCUT2D eigenvalue weighted by Gasteiger charge is 2.28.